The SMILES string of the molecule is CSc1nc(NC2CC2)c2ccccc2n1. The van der Waals surface area contributed by atoms with E-state index in [1.165, 1.54) is 12.8 Å². The Hall–Kier alpha value is -1.29. The molecule has 1 aromatic heterocycles. The molecule has 16 heavy (non-hydrogen) atoms. The van der Waals surface area contributed by atoms with Gasteiger partial charge in [-0.3, -0.25) is 0 Å². The van der Waals surface area contributed by atoms with E-state index in [2.05, 4.69) is 21.4 Å². The molecule has 0 saturated heterocycles. The zero-order valence-corrected chi connectivity index (χ0v) is 9.92. The normalized spacial score (nSPS) is 15.3. The van der Waals surface area contributed by atoms with Crippen molar-refractivity contribution in [3.05, 3.63) is 24.3 Å². The number of nitrogens with one attached hydrogen (secondary N) is 1. The highest BCUT2D eigenvalue weighted by molar-refractivity contribution is 7.98. The largest absolute Gasteiger partial charge is 0.367 e. The van der Waals surface area contributed by atoms with Gasteiger partial charge in [0.2, 0.25) is 0 Å². The summed E-state index contributed by atoms with van der Waals surface area (Å²) < 4.78 is 0. The number of thioether (sulfide) groups is 1. The number of rotatable bonds is 3. The van der Waals surface area contributed by atoms with Gasteiger partial charge in [0.05, 0.1) is 5.52 Å². The Labute approximate surface area is 98.7 Å². The van der Waals surface area contributed by atoms with Crippen molar-refractivity contribution in [1.29, 1.82) is 0 Å². The second kappa shape index (κ2) is 3.94. The van der Waals surface area contributed by atoms with Crippen LogP contribution in [0.5, 0.6) is 0 Å². The maximum atomic E-state index is 4.54. The highest BCUT2D eigenvalue weighted by Crippen LogP contribution is 2.29. The molecule has 1 N–H and O–H groups in total. The second-order valence-electron chi connectivity index (χ2n) is 3.99. The standard InChI is InChI=1S/C12H13N3S/c1-16-12-14-10-5-3-2-4-9(10)11(15-12)13-8-6-7-8/h2-5,8H,6-7H2,1H3,(H,13,14,15). The highest BCUT2D eigenvalue weighted by atomic mass is 32.2. The van der Waals surface area contributed by atoms with Crippen LogP contribution >= 0.6 is 11.8 Å². The Bertz CT molecular complexity index is 523. The zero-order valence-electron chi connectivity index (χ0n) is 9.10. The van der Waals surface area contributed by atoms with Crippen LogP contribution in [0.4, 0.5) is 5.82 Å². The number of hydrogen-bond donors (Lipinski definition) is 1. The summed E-state index contributed by atoms with van der Waals surface area (Å²) >= 11 is 1.58. The zero-order chi connectivity index (χ0) is 11.0. The average Bonchev–Trinajstić information content (AvgIpc) is 3.13. The average molecular weight is 231 g/mol. The molecule has 0 amide bonds. The summed E-state index contributed by atoms with van der Waals surface area (Å²) in [6.45, 7) is 0. The first kappa shape index (κ1) is 9.90. The fourth-order valence-electron chi connectivity index (χ4n) is 1.68. The lowest BCUT2D eigenvalue weighted by molar-refractivity contribution is 0.987. The van der Waals surface area contributed by atoms with Gasteiger partial charge in [0, 0.05) is 11.4 Å². The van der Waals surface area contributed by atoms with Gasteiger partial charge in [0.15, 0.2) is 5.16 Å². The van der Waals surface area contributed by atoms with Crippen molar-refractivity contribution in [2.24, 2.45) is 0 Å². The van der Waals surface area contributed by atoms with Crippen LogP contribution in [-0.2, 0) is 0 Å². The van der Waals surface area contributed by atoms with Crippen molar-refractivity contribution in [3.63, 3.8) is 0 Å². The van der Waals surface area contributed by atoms with Gasteiger partial charge < -0.3 is 5.32 Å². The predicted octanol–water partition coefficient (Wildman–Crippen LogP) is 2.93. The van der Waals surface area contributed by atoms with E-state index in [9.17, 15) is 0 Å². The second-order valence-corrected chi connectivity index (χ2v) is 4.77. The van der Waals surface area contributed by atoms with Crippen molar-refractivity contribution >= 4 is 28.5 Å². The molecular weight excluding hydrogens is 218 g/mol. The van der Waals surface area contributed by atoms with Gasteiger partial charge in [-0.25, -0.2) is 9.97 Å². The smallest absolute Gasteiger partial charge is 0.189 e. The molecule has 1 saturated carbocycles. The van der Waals surface area contributed by atoms with Gasteiger partial charge >= 0.3 is 0 Å². The van der Waals surface area contributed by atoms with Crippen LogP contribution in [0.15, 0.2) is 29.4 Å². The van der Waals surface area contributed by atoms with Crippen molar-refractivity contribution < 1.29 is 0 Å². The molecule has 0 aliphatic heterocycles. The van der Waals surface area contributed by atoms with E-state index in [4.69, 9.17) is 0 Å². The summed E-state index contributed by atoms with van der Waals surface area (Å²) in [6.07, 6.45) is 4.52. The minimum atomic E-state index is 0.619. The molecular formula is C12H13N3S. The van der Waals surface area contributed by atoms with E-state index in [0.29, 0.717) is 6.04 Å². The molecule has 0 bridgehead atoms. The summed E-state index contributed by atoms with van der Waals surface area (Å²) in [5.74, 6) is 0.984. The van der Waals surface area contributed by atoms with Gasteiger partial charge in [-0.1, -0.05) is 23.9 Å². The third-order valence-corrected chi connectivity index (χ3v) is 3.23. The number of nitrogens with zero attached hydrogens (tertiary/aromatic N) is 2. The van der Waals surface area contributed by atoms with E-state index in [0.717, 1.165) is 21.9 Å². The third kappa shape index (κ3) is 1.85. The van der Waals surface area contributed by atoms with Gasteiger partial charge in [-0.15, -0.1) is 0 Å². The molecule has 82 valence electrons. The number of hydrogen-bond acceptors (Lipinski definition) is 4. The Kier molecular flexibility index (Phi) is 2.44. The first-order valence-corrected chi connectivity index (χ1v) is 6.66. The lowest BCUT2D eigenvalue weighted by atomic mass is 10.2. The van der Waals surface area contributed by atoms with Crippen molar-refractivity contribution in [2.45, 2.75) is 24.0 Å². The highest BCUT2D eigenvalue weighted by Gasteiger charge is 2.22. The molecule has 0 unspecified atom stereocenters. The lowest BCUT2D eigenvalue weighted by Gasteiger charge is -2.08. The molecule has 0 atom stereocenters. The number of benzene rings is 1. The fourth-order valence-corrected chi connectivity index (χ4v) is 2.05. The molecule has 3 rings (SSSR count). The number of fused-ring (bicyclic) bond motifs is 1. The topological polar surface area (TPSA) is 37.8 Å². The fraction of sp³-hybridized carbons (Fsp3) is 0.333. The molecule has 1 aromatic carbocycles. The summed E-state index contributed by atoms with van der Waals surface area (Å²) in [7, 11) is 0. The van der Waals surface area contributed by atoms with Crippen LogP contribution in [0, 0.1) is 0 Å². The molecule has 4 heteroatoms. The molecule has 3 nitrogen and oxygen atoms in total. The monoisotopic (exact) mass is 231 g/mol. The maximum absolute atomic E-state index is 4.54. The minimum absolute atomic E-state index is 0.619. The Morgan fingerprint density at radius 3 is 2.81 bits per heavy atom. The molecule has 1 heterocycles. The first-order chi connectivity index (χ1) is 7.86. The first-order valence-electron chi connectivity index (χ1n) is 5.44. The maximum Gasteiger partial charge on any atom is 0.189 e. The number of anilines is 1. The van der Waals surface area contributed by atoms with Crippen LogP contribution in [-0.4, -0.2) is 22.3 Å². The quantitative estimate of drug-likeness (QED) is 0.651. The Morgan fingerprint density at radius 1 is 1.25 bits per heavy atom. The summed E-state index contributed by atoms with van der Waals surface area (Å²) in [6, 6.07) is 8.77. The van der Waals surface area contributed by atoms with Gasteiger partial charge in [0.25, 0.3) is 0 Å². The molecule has 1 aliphatic carbocycles. The van der Waals surface area contributed by atoms with E-state index >= 15 is 0 Å². The van der Waals surface area contributed by atoms with Crippen molar-refractivity contribution in [2.75, 3.05) is 11.6 Å². The van der Waals surface area contributed by atoms with Gasteiger partial charge in [-0.05, 0) is 31.2 Å². The molecule has 1 fully saturated rings. The Morgan fingerprint density at radius 2 is 2.06 bits per heavy atom. The summed E-state index contributed by atoms with van der Waals surface area (Å²) in [5, 5.41) is 5.42. The van der Waals surface area contributed by atoms with Crippen LogP contribution in [0.1, 0.15) is 12.8 Å². The summed E-state index contributed by atoms with van der Waals surface area (Å²) in [5.41, 5.74) is 1.02. The van der Waals surface area contributed by atoms with E-state index < -0.39 is 0 Å². The van der Waals surface area contributed by atoms with Crippen molar-refractivity contribution in [1.82, 2.24) is 9.97 Å². The van der Waals surface area contributed by atoms with Crippen LogP contribution in [0.25, 0.3) is 10.9 Å². The molecule has 0 radical (unpaired) electrons. The number of para-hydroxylation sites is 1. The number of aromatic nitrogens is 2. The van der Waals surface area contributed by atoms with Crippen LogP contribution < -0.4 is 5.32 Å². The third-order valence-electron chi connectivity index (χ3n) is 2.68. The van der Waals surface area contributed by atoms with Crippen LogP contribution in [0.2, 0.25) is 0 Å². The Balaban J connectivity index is 2.13. The molecule has 0 spiro atoms. The molecule has 2 aromatic rings. The lowest BCUT2D eigenvalue weighted by Crippen LogP contribution is -2.05. The van der Waals surface area contributed by atoms with E-state index in [1.807, 2.05) is 24.5 Å². The molecule has 1 aliphatic rings. The van der Waals surface area contributed by atoms with Gasteiger partial charge in [0.1, 0.15) is 5.82 Å². The van der Waals surface area contributed by atoms with Crippen molar-refractivity contribution in [3.8, 4) is 0 Å². The van der Waals surface area contributed by atoms with Gasteiger partial charge in [-0.2, -0.15) is 0 Å². The van der Waals surface area contributed by atoms with E-state index in [1.54, 1.807) is 11.8 Å². The predicted molar refractivity (Wildman–Crippen MR) is 68.0 cm³/mol. The van der Waals surface area contributed by atoms with E-state index in [-0.39, 0.29) is 0 Å². The summed E-state index contributed by atoms with van der Waals surface area (Å²) in [4.78, 5) is 9.03. The minimum Gasteiger partial charge on any atom is -0.367 e. The van der Waals surface area contributed by atoms with Crippen LogP contribution in [0.3, 0.4) is 0 Å².